The van der Waals surface area contributed by atoms with E-state index in [-0.39, 0.29) is 21.7 Å². The van der Waals surface area contributed by atoms with Crippen LogP contribution >= 0.6 is 0 Å². The standard InChI is InChI=1S/C20H32N2/c1-13-17(3,4)11-15(21-13)19(7,8)20(9,10)16-12-18(5,6)14(2)22-16/h11-12H,1-10H3. The van der Waals surface area contributed by atoms with Gasteiger partial charge in [-0.1, -0.05) is 67.5 Å². The largest absolute Gasteiger partial charge is 0.261 e. The van der Waals surface area contributed by atoms with Gasteiger partial charge in [0.1, 0.15) is 0 Å². The van der Waals surface area contributed by atoms with E-state index >= 15 is 0 Å². The van der Waals surface area contributed by atoms with Crippen LogP contribution in [0.5, 0.6) is 0 Å². The molecule has 0 spiro atoms. The number of hydrogen-bond donors (Lipinski definition) is 0. The molecule has 22 heavy (non-hydrogen) atoms. The van der Waals surface area contributed by atoms with E-state index in [4.69, 9.17) is 9.98 Å². The first kappa shape index (κ1) is 17.2. The molecule has 0 radical (unpaired) electrons. The summed E-state index contributed by atoms with van der Waals surface area (Å²) in [7, 11) is 0. The summed E-state index contributed by atoms with van der Waals surface area (Å²) >= 11 is 0. The van der Waals surface area contributed by atoms with Gasteiger partial charge in [-0.2, -0.15) is 0 Å². The van der Waals surface area contributed by atoms with Gasteiger partial charge >= 0.3 is 0 Å². The van der Waals surface area contributed by atoms with Gasteiger partial charge in [0, 0.05) is 44.5 Å². The second-order valence-corrected chi connectivity index (χ2v) is 9.15. The van der Waals surface area contributed by atoms with Crippen molar-refractivity contribution in [2.75, 3.05) is 0 Å². The Balaban J connectivity index is 2.47. The van der Waals surface area contributed by atoms with Crippen molar-refractivity contribution in [3.8, 4) is 0 Å². The Kier molecular flexibility index (Phi) is 3.64. The van der Waals surface area contributed by atoms with E-state index in [0.29, 0.717) is 0 Å². The lowest BCUT2D eigenvalue weighted by atomic mass is 9.63. The SMILES string of the molecule is CC1=NC(C(C)(C)C(C)(C)C2=CC(C)(C)C(C)=N2)=CC1(C)C. The summed E-state index contributed by atoms with van der Waals surface area (Å²) in [5.74, 6) is 0. The zero-order valence-corrected chi connectivity index (χ0v) is 16.0. The number of nitrogens with zero attached hydrogens (tertiary/aromatic N) is 2. The monoisotopic (exact) mass is 300 g/mol. The highest BCUT2D eigenvalue weighted by molar-refractivity contribution is 5.93. The molecule has 0 aromatic heterocycles. The molecule has 0 atom stereocenters. The molecule has 2 heterocycles. The molecule has 2 rings (SSSR count). The lowest BCUT2D eigenvalue weighted by Gasteiger charge is -2.41. The molecule has 2 nitrogen and oxygen atoms in total. The highest BCUT2D eigenvalue weighted by atomic mass is 14.9. The smallest absolute Gasteiger partial charge is 0.0438 e. The number of allylic oxidation sites excluding steroid dienone is 4. The molecule has 2 aliphatic rings. The van der Waals surface area contributed by atoms with Crippen LogP contribution in [0, 0.1) is 21.7 Å². The van der Waals surface area contributed by atoms with E-state index < -0.39 is 0 Å². The Labute approximate surface area is 136 Å². The van der Waals surface area contributed by atoms with Crippen molar-refractivity contribution in [2.24, 2.45) is 31.6 Å². The van der Waals surface area contributed by atoms with Gasteiger partial charge in [0.2, 0.25) is 0 Å². The minimum Gasteiger partial charge on any atom is -0.261 e. The number of aliphatic imine (C=N–C) groups is 2. The van der Waals surface area contributed by atoms with Crippen molar-refractivity contribution >= 4 is 11.4 Å². The molecule has 0 unspecified atom stereocenters. The van der Waals surface area contributed by atoms with Crippen LogP contribution in [-0.4, -0.2) is 11.4 Å². The molecule has 0 aliphatic carbocycles. The van der Waals surface area contributed by atoms with Crippen molar-refractivity contribution in [2.45, 2.75) is 69.2 Å². The van der Waals surface area contributed by atoms with Gasteiger partial charge in [0.25, 0.3) is 0 Å². The van der Waals surface area contributed by atoms with Crippen LogP contribution in [-0.2, 0) is 0 Å². The molecule has 0 bridgehead atoms. The Morgan fingerprint density at radius 3 is 1.14 bits per heavy atom. The summed E-state index contributed by atoms with van der Waals surface area (Å²) in [6.45, 7) is 22.4. The van der Waals surface area contributed by atoms with Crippen LogP contribution in [0.25, 0.3) is 0 Å². The van der Waals surface area contributed by atoms with Crippen LogP contribution in [0.3, 0.4) is 0 Å². The van der Waals surface area contributed by atoms with Crippen molar-refractivity contribution < 1.29 is 0 Å². The van der Waals surface area contributed by atoms with Gasteiger partial charge in [0.15, 0.2) is 0 Å². The summed E-state index contributed by atoms with van der Waals surface area (Å²) < 4.78 is 0. The predicted molar refractivity (Wildman–Crippen MR) is 97.5 cm³/mol. The number of hydrogen-bond acceptors (Lipinski definition) is 2. The van der Waals surface area contributed by atoms with E-state index in [1.807, 2.05) is 0 Å². The molecule has 0 fully saturated rings. The molecule has 0 N–H and O–H groups in total. The first-order valence-electron chi connectivity index (χ1n) is 8.30. The van der Waals surface area contributed by atoms with Crippen LogP contribution < -0.4 is 0 Å². The minimum absolute atomic E-state index is 0.0607. The molecule has 0 amide bonds. The zero-order chi connectivity index (χ0) is 17.1. The third kappa shape index (κ3) is 2.41. The molecule has 0 aromatic rings. The Bertz CT molecular complexity index is 564. The van der Waals surface area contributed by atoms with E-state index in [1.54, 1.807) is 0 Å². The maximum Gasteiger partial charge on any atom is 0.0438 e. The fourth-order valence-electron chi connectivity index (χ4n) is 2.89. The molecule has 2 heteroatoms. The molecular formula is C20H32N2. The maximum absolute atomic E-state index is 4.91. The highest BCUT2D eigenvalue weighted by Gasteiger charge is 2.47. The van der Waals surface area contributed by atoms with Crippen molar-refractivity contribution in [1.29, 1.82) is 0 Å². The van der Waals surface area contributed by atoms with Gasteiger partial charge in [-0.25, -0.2) is 0 Å². The van der Waals surface area contributed by atoms with E-state index in [2.05, 4.69) is 81.4 Å². The third-order valence-corrected chi connectivity index (χ3v) is 6.28. The van der Waals surface area contributed by atoms with E-state index in [9.17, 15) is 0 Å². The van der Waals surface area contributed by atoms with Crippen molar-refractivity contribution in [1.82, 2.24) is 0 Å². The Hall–Kier alpha value is -1.18. The molecule has 0 saturated heterocycles. The first-order valence-corrected chi connectivity index (χ1v) is 8.30. The molecule has 0 saturated carbocycles. The second kappa shape index (κ2) is 4.66. The Morgan fingerprint density at radius 2 is 0.955 bits per heavy atom. The van der Waals surface area contributed by atoms with E-state index in [1.165, 1.54) is 22.8 Å². The topological polar surface area (TPSA) is 24.7 Å². The quantitative estimate of drug-likeness (QED) is 0.628. The Morgan fingerprint density at radius 1 is 0.682 bits per heavy atom. The van der Waals surface area contributed by atoms with Gasteiger partial charge < -0.3 is 0 Å². The average molecular weight is 300 g/mol. The lowest BCUT2D eigenvalue weighted by Crippen LogP contribution is -2.35. The number of rotatable bonds is 3. The predicted octanol–water partition coefficient (Wildman–Crippen LogP) is 5.81. The highest BCUT2D eigenvalue weighted by Crippen LogP contribution is 2.54. The summed E-state index contributed by atoms with van der Waals surface area (Å²) in [5, 5.41) is 0. The summed E-state index contributed by atoms with van der Waals surface area (Å²) in [6.07, 6.45) is 4.67. The third-order valence-electron chi connectivity index (χ3n) is 6.28. The minimum atomic E-state index is -0.0714. The van der Waals surface area contributed by atoms with E-state index in [0.717, 1.165) is 0 Å². The van der Waals surface area contributed by atoms with Crippen LogP contribution in [0.1, 0.15) is 69.2 Å². The van der Waals surface area contributed by atoms with Gasteiger partial charge in [-0.3, -0.25) is 9.98 Å². The molecule has 2 aliphatic heterocycles. The maximum atomic E-state index is 4.91. The fourth-order valence-corrected chi connectivity index (χ4v) is 2.89. The van der Waals surface area contributed by atoms with Crippen LogP contribution in [0.15, 0.2) is 33.5 Å². The summed E-state index contributed by atoms with van der Waals surface area (Å²) in [6, 6.07) is 0. The average Bonchev–Trinajstić information content (AvgIpc) is 2.77. The zero-order valence-electron chi connectivity index (χ0n) is 16.0. The van der Waals surface area contributed by atoms with Crippen molar-refractivity contribution in [3.05, 3.63) is 23.5 Å². The van der Waals surface area contributed by atoms with Gasteiger partial charge in [-0.05, 0) is 13.8 Å². The molecule has 122 valence electrons. The molecule has 0 aromatic carbocycles. The van der Waals surface area contributed by atoms with Crippen LogP contribution in [0.2, 0.25) is 0 Å². The molecular weight excluding hydrogens is 268 g/mol. The van der Waals surface area contributed by atoms with Crippen molar-refractivity contribution in [3.63, 3.8) is 0 Å². The lowest BCUT2D eigenvalue weighted by molar-refractivity contribution is 0.195. The first-order chi connectivity index (χ1) is 9.72. The summed E-state index contributed by atoms with van der Waals surface area (Å²) in [5.41, 5.74) is 4.77. The van der Waals surface area contributed by atoms with Crippen LogP contribution in [0.4, 0.5) is 0 Å². The second-order valence-electron chi connectivity index (χ2n) is 9.15. The normalized spacial score (nSPS) is 23.9. The fraction of sp³-hybridized carbons (Fsp3) is 0.700. The summed E-state index contributed by atoms with van der Waals surface area (Å²) in [4.78, 5) is 9.82. The van der Waals surface area contributed by atoms with Gasteiger partial charge in [0.05, 0.1) is 0 Å². The van der Waals surface area contributed by atoms with Gasteiger partial charge in [-0.15, -0.1) is 0 Å².